The number of benzene rings is 1. The molecule has 10 heavy (non-hydrogen) atoms. The van der Waals surface area contributed by atoms with Crippen molar-refractivity contribution in [1.29, 1.82) is 0 Å². The molecule has 1 aromatic carbocycles. The zero-order valence-corrected chi connectivity index (χ0v) is 5.24. The number of rotatable bonds is 0. The first-order valence-corrected chi connectivity index (χ1v) is 3.03. The lowest BCUT2D eigenvalue weighted by atomic mass is 10.2. The SMILES string of the molecule is Oc1coc2ccccc12.[H+]. The Labute approximate surface area is 59.2 Å². The maximum atomic E-state index is 9.12. The molecule has 0 spiro atoms. The predicted octanol–water partition coefficient (Wildman–Crippen LogP) is 2.25. The van der Waals surface area contributed by atoms with Crippen molar-refractivity contribution in [2.75, 3.05) is 0 Å². The lowest BCUT2D eigenvalue weighted by Gasteiger charge is -1.84. The minimum Gasteiger partial charge on any atom is -0.504 e. The second-order valence-electron chi connectivity index (χ2n) is 2.12. The van der Waals surface area contributed by atoms with Crippen LogP contribution in [0.2, 0.25) is 0 Å². The number of fused-ring (bicyclic) bond motifs is 1. The highest BCUT2D eigenvalue weighted by Crippen LogP contribution is 2.25. The van der Waals surface area contributed by atoms with Crippen LogP contribution in [0.4, 0.5) is 0 Å². The highest BCUT2D eigenvalue weighted by atomic mass is 16.4. The average Bonchev–Trinajstić information content (AvgIpc) is 2.34. The van der Waals surface area contributed by atoms with Crippen molar-refractivity contribution >= 4 is 11.0 Å². The van der Waals surface area contributed by atoms with E-state index >= 15 is 0 Å². The van der Waals surface area contributed by atoms with Gasteiger partial charge in [0, 0.05) is 0 Å². The Balaban J connectivity index is 0.000000605. The second-order valence-corrected chi connectivity index (χ2v) is 2.12. The molecule has 0 bridgehead atoms. The van der Waals surface area contributed by atoms with Crippen LogP contribution in [0.5, 0.6) is 5.75 Å². The molecule has 0 aliphatic rings. The van der Waals surface area contributed by atoms with E-state index in [4.69, 9.17) is 9.52 Å². The minimum atomic E-state index is 0. The number of hydrogen-bond donors (Lipinski definition) is 1. The standard InChI is InChI=1S/C8H6O2/c9-7-5-10-8-4-2-1-3-6(7)8/h1-5,9H/p+1. The van der Waals surface area contributed by atoms with Crippen molar-refractivity contribution in [3.8, 4) is 5.75 Å². The average molecular weight is 135 g/mol. The summed E-state index contributed by atoms with van der Waals surface area (Å²) in [5.41, 5.74) is 0.722. The smallest absolute Gasteiger partial charge is 0.504 e. The molecule has 1 aromatic heterocycles. The second kappa shape index (κ2) is 1.77. The molecule has 2 aromatic rings. The molecule has 0 amide bonds. The van der Waals surface area contributed by atoms with Gasteiger partial charge in [-0.15, -0.1) is 0 Å². The number of aromatic hydroxyl groups is 1. The molecule has 0 saturated carbocycles. The van der Waals surface area contributed by atoms with Crippen LogP contribution < -0.4 is 0 Å². The van der Waals surface area contributed by atoms with E-state index < -0.39 is 0 Å². The zero-order valence-electron chi connectivity index (χ0n) is 6.24. The molecule has 2 rings (SSSR count). The Morgan fingerprint density at radius 2 is 2.10 bits per heavy atom. The van der Waals surface area contributed by atoms with Gasteiger partial charge in [0.1, 0.15) is 11.8 Å². The molecule has 0 fully saturated rings. The predicted molar refractivity (Wildman–Crippen MR) is 39.0 cm³/mol. The third-order valence-electron chi connectivity index (χ3n) is 1.46. The van der Waals surface area contributed by atoms with E-state index in [2.05, 4.69) is 0 Å². The molecule has 0 aliphatic carbocycles. The van der Waals surface area contributed by atoms with E-state index in [1.165, 1.54) is 6.26 Å². The van der Waals surface area contributed by atoms with Crippen molar-refractivity contribution in [3.63, 3.8) is 0 Å². The van der Waals surface area contributed by atoms with Crippen molar-refractivity contribution in [3.05, 3.63) is 30.5 Å². The first kappa shape index (κ1) is 5.35. The highest BCUT2D eigenvalue weighted by Gasteiger charge is 1.99. The van der Waals surface area contributed by atoms with E-state index in [1.807, 2.05) is 24.3 Å². The summed E-state index contributed by atoms with van der Waals surface area (Å²) >= 11 is 0. The highest BCUT2D eigenvalue weighted by molar-refractivity contribution is 5.83. The van der Waals surface area contributed by atoms with Crippen molar-refractivity contribution in [2.24, 2.45) is 0 Å². The summed E-state index contributed by atoms with van der Waals surface area (Å²) in [4.78, 5) is 0. The van der Waals surface area contributed by atoms with Gasteiger partial charge in [0.25, 0.3) is 0 Å². The summed E-state index contributed by atoms with van der Waals surface area (Å²) in [5, 5.41) is 9.88. The Hall–Kier alpha value is -1.44. The van der Waals surface area contributed by atoms with Crippen LogP contribution in [-0.4, -0.2) is 5.11 Å². The largest absolute Gasteiger partial charge is 1.00 e. The zero-order chi connectivity index (χ0) is 6.97. The number of hydrogen-bond acceptors (Lipinski definition) is 2. The summed E-state index contributed by atoms with van der Waals surface area (Å²) in [7, 11) is 0. The summed E-state index contributed by atoms with van der Waals surface area (Å²) in [5.74, 6) is 0.204. The molecule has 0 atom stereocenters. The molecule has 1 heterocycles. The molecule has 2 heteroatoms. The molecule has 50 valence electrons. The van der Waals surface area contributed by atoms with E-state index in [-0.39, 0.29) is 7.18 Å². The van der Waals surface area contributed by atoms with E-state index in [0.717, 1.165) is 11.0 Å². The van der Waals surface area contributed by atoms with Gasteiger partial charge < -0.3 is 9.52 Å². The van der Waals surface area contributed by atoms with Crippen LogP contribution in [-0.2, 0) is 0 Å². The Kier molecular flexibility index (Phi) is 0.947. The summed E-state index contributed by atoms with van der Waals surface area (Å²) in [6.07, 6.45) is 1.34. The lowest BCUT2D eigenvalue weighted by Crippen LogP contribution is -1.60. The molecule has 0 aliphatic heterocycles. The maximum absolute atomic E-state index is 9.12. The van der Waals surface area contributed by atoms with Gasteiger partial charge in [-0.2, -0.15) is 0 Å². The van der Waals surface area contributed by atoms with Gasteiger partial charge in [-0.05, 0) is 12.1 Å². The molecular weight excluding hydrogens is 128 g/mol. The molecule has 0 unspecified atom stereocenters. The van der Waals surface area contributed by atoms with Gasteiger partial charge in [0.05, 0.1) is 5.39 Å². The summed E-state index contributed by atoms with van der Waals surface area (Å²) < 4.78 is 5.00. The fourth-order valence-corrected chi connectivity index (χ4v) is 0.964. The van der Waals surface area contributed by atoms with Gasteiger partial charge in [-0.25, -0.2) is 0 Å². The third-order valence-corrected chi connectivity index (χ3v) is 1.46. The van der Waals surface area contributed by atoms with Crippen LogP contribution >= 0.6 is 0 Å². The van der Waals surface area contributed by atoms with Gasteiger partial charge in [0.15, 0.2) is 5.75 Å². The normalized spacial score (nSPS) is 10.4. The van der Waals surface area contributed by atoms with Crippen molar-refractivity contribution in [2.45, 2.75) is 0 Å². The topological polar surface area (TPSA) is 33.4 Å². The molecule has 0 saturated heterocycles. The minimum absolute atomic E-state index is 0. The molecule has 0 radical (unpaired) electrons. The van der Waals surface area contributed by atoms with E-state index in [1.54, 1.807) is 0 Å². The summed E-state index contributed by atoms with van der Waals surface area (Å²) in [6.45, 7) is 0. The number of para-hydroxylation sites is 1. The molecule has 1 N–H and O–H groups in total. The first-order chi connectivity index (χ1) is 4.88. The fraction of sp³-hybridized carbons (Fsp3) is 0. The van der Waals surface area contributed by atoms with Gasteiger partial charge in [-0.1, -0.05) is 12.1 Å². The first-order valence-electron chi connectivity index (χ1n) is 3.03. The van der Waals surface area contributed by atoms with Gasteiger partial charge in [0.2, 0.25) is 0 Å². The molecule has 2 nitrogen and oxygen atoms in total. The third kappa shape index (κ3) is 0.589. The van der Waals surface area contributed by atoms with Crippen LogP contribution in [0.25, 0.3) is 11.0 Å². The quantitative estimate of drug-likeness (QED) is 0.601. The van der Waals surface area contributed by atoms with E-state index in [0.29, 0.717) is 0 Å². The maximum Gasteiger partial charge on any atom is 1.00 e. The Morgan fingerprint density at radius 1 is 1.30 bits per heavy atom. The fourth-order valence-electron chi connectivity index (χ4n) is 0.964. The Bertz CT molecular complexity index is 354. The van der Waals surface area contributed by atoms with E-state index in [9.17, 15) is 0 Å². The van der Waals surface area contributed by atoms with Crippen LogP contribution in [0.3, 0.4) is 0 Å². The van der Waals surface area contributed by atoms with Crippen LogP contribution in [0, 0.1) is 0 Å². The Morgan fingerprint density at radius 3 is 2.90 bits per heavy atom. The van der Waals surface area contributed by atoms with Crippen LogP contribution in [0.1, 0.15) is 1.43 Å². The van der Waals surface area contributed by atoms with Crippen molar-refractivity contribution < 1.29 is 11.0 Å². The van der Waals surface area contributed by atoms with Gasteiger partial charge in [-0.3, -0.25) is 0 Å². The van der Waals surface area contributed by atoms with Crippen LogP contribution in [0.15, 0.2) is 34.9 Å². The molecular formula is C8H7O2+. The van der Waals surface area contributed by atoms with Gasteiger partial charge >= 0.3 is 1.43 Å². The lowest BCUT2D eigenvalue weighted by molar-refractivity contribution is 0.464. The van der Waals surface area contributed by atoms with Crippen molar-refractivity contribution in [1.82, 2.24) is 0 Å². The summed E-state index contributed by atoms with van der Waals surface area (Å²) in [6, 6.07) is 7.35. The monoisotopic (exact) mass is 135 g/mol. The number of furan rings is 1.